The summed E-state index contributed by atoms with van der Waals surface area (Å²) in [6.45, 7) is 3.81. The minimum absolute atomic E-state index is 0.0204. The molecule has 1 fully saturated rings. The van der Waals surface area contributed by atoms with Crippen molar-refractivity contribution < 1.29 is 17.9 Å². The SMILES string of the molecule is Cc1cc(C)cc(Oc2nc3ccccn3c(=O)c2/C=C(\C#N)C(=O)N[C@@H]2CCS(=O)(=O)C2)c1. The summed E-state index contributed by atoms with van der Waals surface area (Å²) in [6.07, 6.45) is 2.93. The van der Waals surface area contributed by atoms with Crippen LogP contribution in [0.5, 0.6) is 11.6 Å². The average molecular weight is 479 g/mol. The van der Waals surface area contributed by atoms with Crippen molar-refractivity contribution in [3.05, 3.63) is 75.2 Å². The number of hydrogen-bond acceptors (Lipinski definition) is 7. The Hall–Kier alpha value is -3.97. The highest BCUT2D eigenvalue weighted by molar-refractivity contribution is 7.91. The maximum absolute atomic E-state index is 13.3. The predicted molar refractivity (Wildman–Crippen MR) is 126 cm³/mol. The molecule has 0 aliphatic carbocycles. The molecule has 0 bridgehead atoms. The smallest absolute Gasteiger partial charge is 0.269 e. The van der Waals surface area contributed by atoms with Crippen molar-refractivity contribution in [2.24, 2.45) is 0 Å². The van der Waals surface area contributed by atoms with Gasteiger partial charge in [0.1, 0.15) is 28.6 Å². The highest BCUT2D eigenvalue weighted by Crippen LogP contribution is 2.26. The van der Waals surface area contributed by atoms with Crippen LogP contribution in [0.3, 0.4) is 0 Å². The number of amides is 1. The predicted octanol–water partition coefficient (Wildman–Crippen LogP) is 2.31. The van der Waals surface area contributed by atoms with Crippen molar-refractivity contribution in [3.8, 4) is 17.7 Å². The van der Waals surface area contributed by atoms with Gasteiger partial charge in [-0.25, -0.2) is 8.42 Å². The number of aromatic nitrogens is 2. The summed E-state index contributed by atoms with van der Waals surface area (Å²) < 4.78 is 30.6. The van der Waals surface area contributed by atoms with E-state index in [0.717, 1.165) is 17.2 Å². The molecule has 3 heterocycles. The van der Waals surface area contributed by atoms with E-state index in [1.165, 1.54) is 10.6 Å². The number of fused-ring (bicyclic) bond motifs is 1. The molecule has 1 saturated heterocycles. The molecule has 1 aliphatic rings. The average Bonchev–Trinajstić information content (AvgIpc) is 3.11. The van der Waals surface area contributed by atoms with Crippen molar-refractivity contribution in [3.63, 3.8) is 0 Å². The van der Waals surface area contributed by atoms with Crippen molar-refractivity contribution in [2.75, 3.05) is 11.5 Å². The third-order valence-electron chi connectivity index (χ3n) is 5.37. The lowest BCUT2D eigenvalue weighted by atomic mass is 10.1. The van der Waals surface area contributed by atoms with Gasteiger partial charge in [0.25, 0.3) is 11.5 Å². The van der Waals surface area contributed by atoms with Gasteiger partial charge in [0, 0.05) is 12.2 Å². The Balaban J connectivity index is 1.77. The van der Waals surface area contributed by atoms with E-state index in [1.54, 1.807) is 36.4 Å². The molecule has 0 spiro atoms. The van der Waals surface area contributed by atoms with Gasteiger partial charge in [0.2, 0.25) is 5.88 Å². The van der Waals surface area contributed by atoms with Crippen LogP contribution in [0.15, 0.2) is 53.0 Å². The summed E-state index contributed by atoms with van der Waals surface area (Å²) in [7, 11) is -3.21. The first-order valence-electron chi connectivity index (χ1n) is 10.6. The van der Waals surface area contributed by atoms with Crippen molar-refractivity contribution in [2.45, 2.75) is 26.3 Å². The standard InChI is InChI=1S/C24H22N4O5S/c1-15-9-16(2)11-19(10-15)33-23-20(24(30)28-7-4-3-5-21(28)27-23)12-17(13-25)22(29)26-18-6-8-34(31,32)14-18/h3-5,7,9-12,18H,6,8,14H2,1-2H3,(H,26,29)/b17-12+/t18-/m1/s1. The van der Waals surface area contributed by atoms with Gasteiger partial charge < -0.3 is 10.1 Å². The number of nitrogens with zero attached hydrogens (tertiary/aromatic N) is 3. The number of carbonyl (C=O) groups is 1. The number of ether oxygens (including phenoxy) is 1. The molecule has 3 aromatic rings. The summed E-state index contributed by atoms with van der Waals surface area (Å²) in [5, 5.41) is 12.2. The zero-order valence-electron chi connectivity index (χ0n) is 18.6. The fraction of sp³-hybridized carbons (Fsp3) is 0.250. The van der Waals surface area contributed by atoms with Gasteiger partial charge >= 0.3 is 0 Å². The second-order valence-corrected chi connectivity index (χ2v) is 10.5. The van der Waals surface area contributed by atoms with E-state index in [9.17, 15) is 23.3 Å². The van der Waals surface area contributed by atoms with Crippen LogP contribution >= 0.6 is 0 Å². The van der Waals surface area contributed by atoms with Gasteiger partial charge in [0.15, 0.2) is 9.84 Å². The molecule has 0 radical (unpaired) electrons. The van der Waals surface area contributed by atoms with E-state index in [0.29, 0.717) is 11.4 Å². The minimum atomic E-state index is -3.21. The lowest BCUT2D eigenvalue weighted by Crippen LogP contribution is -2.36. The lowest BCUT2D eigenvalue weighted by molar-refractivity contribution is -0.117. The monoisotopic (exact) mass is 478 g/mol. The molecule has 10 heteroatoms. The molecule has 34 heavy (non-hydrogen) atoms. The van der Waals surface area contributed by atoms with Crippen molar-refractivity contribution in [1.29, 1.82) is 5.26 Å². The Kier molecular flexibility index (Phi) is 6.22. The third kappa shape index (κ3) is 5.00. The lowest BCUT2D eigenvalue weighted by Gasteiger charge is -2.12. The van der Waals surface area contributed by atoms with Crippen LogP contribution in [-0.4, -0.2) is 41.3 Å². The van der Waals surface area contributed by atoms with Crippen LogP contribution in [-0.2, 0) is 14.6 Å². The Labute approximate surface area is 196 Å². The molecule has 1 amide bonds. The Bertz CT molecular complexity index is 1510. The molecule has 9 nitrogen and oxygen atoms in total. The molecule has 2 aromatic heterocycles. The highest BCUT2D eigenvalue weighted by Gasteiger charge is 2.30. The van der Waals surface area contributed by atoms with Crippen LogP contribution in [0.25, 0.3) is 11.7 Å². The van der Waals surface area contributed by atoms with Crippen LogP contribution in [0.1, 0.15) is 23.1 Å². The van der Waals surface area contributed by atoms with Crippen molar-refractivity contribution in [1.82, 2.24) is 14.7 Å². The maximum Gasteiger partial charge on any atom is 0.269 e. The number of nitriles is 1. The van der Waals surface area contributed by atoms with Crippen LogP contribution in [0.2, 0.25) is 0 Å². The first kappa shape index (κ1) is 23.2. The number of benzene rings is 1. The summed E-state index contributed by atoms with van der Waals surface area (Å²) >= 11 is 0. The van der Waals surface area contributed by atoms with Gasteiger partial charge in [0.05, 0.1) is 11.5 Å². The Morgan fingerprint density at radius 3 is 2.65 bits per heavy atom. The number of sulfone groups is 1. The molecular formula is C24H22N4O5S. The van der Waals surface area contributed by atoms with E-state index in [1.807, 2.05) is 19.9 Å². The molecule has 0 saturated carbocycles. The summed E-state index contributed by atoms with van der Waals surface area (Å²) in [5.74, 6) is -0.560. The number of nitrogens with one attached hydrogen (secondary N) is 1. The second kappa shape index (κ2) is 9.11. The fourth-order valence-corrected chi connectivity index (χ4v) is 5.53. The van der Waals surface area contributed by atoms with Crippen LogP contribution in [0.4, 0.5) is 0 Å². The molecule has 1 aromatic carbocycles. The normalized spacial score (nSPS) is 17.3. The number of carbonyl (C=O) groups excluding carboxylic acids is 1. The number of rotatable bonds is 5. The summed E-state index contributed by atoms with van der Waals surface area (Å²) in [5.41, 5.74) is 1.29. The minimum Gasteiger partial charge on any atom is -0.438 e. The highest BCUT2D eigenvalue weighted by atomic mass is 32.2. The third-order valence-corrected chi connectivity index (χ3v) is 7.13. The zero-order chi connectivity index (χ0) is 24.5. The molecule has 1 aliphatic heterocycles. The molecular weight excluding hydrogens is 456 g/mol. The number of hydrogen-bond donors (Lipinski definition) is 1. The van der Waals surface area contributed by atoms with Gasteiger partial charge in [-0.05, 0) is 61.7 Å². The molecule has 4 rings (SSSR count). The first-order valence-corrected chi connectivity index (χ1v) is 12.4. The van der Waals surface area contributed by atoms with E-state index < -0.39 is 27.3 Å². The van der Waals surface area contributed by atoms with E-state index in [-0.39, 0.29) is 34.9 Å². The number of pyridine rings is 1. The van der Waals surface area contributed by atoms with Gasteiger partial charge in [-0.1, -0.05) is 12.1 Å². The van der Waals surface area contributed by atoms with Gasteiger partial charge in [-0.3, -0.25) is 14.0 Å². The Morgan fingerprint density at radius 1 is 1.26 bits per heavy atom. The van der Waals surface area contributed by atoms with E-state index >= 15 is 0 Å². The number of aryl methyl sites for hydroxylation is 2. The summed E-state index contributed by atoms with van der Waals surface area (Å²) in [4.78, 5) is 30.4. The van der Waals surface area contributed by atoms with Gasteiger partial charge in [-0.2, -0.15) is 10.2 Å². The molecule has 1 atom stereocenters. The van der Waals surface area contributed by atoms with Crippen LogP contribution in [0, 0.1) is 25.2 Å². The van der Waals surface area contributed by atoms with Crippen molar-refractivity contribution >= 4 is 27.5 Å². The second-order valence-electron chi connectivity index (χ2n) is 8.23. The summed E-state index contributed by atoms with van der Waals surface area (Å²) in [6, 6.07) is 11.8. The van der Waals surface area contributed by atoms with Crippen LogP contribution < -0.4 is 15.6 Å². The fourth-order valence-electron chi connectivity index (χ4n) is 3.85. The molecule has 174 valence electrons. The maximum atomic E-state index is 13.3. The first-order chi connectivity index (χ1) is 16.1. The molecule has 0 unspecified atom stereocenters. The largest absolute Gasteiger partial charge is 0.438 e. The molecule has 1 N–H and O–H groups in total. The van der Waals surface area contributed by atoms with E-state index in [2.05, 4.69) is 10.3 Å². The van der Waals surface area contributed by atoms with Gasteiger partial charge in [-0.15, -0.1) is 0 Å². The van der Waals surface area contributed by atoms with E-state index in [4.69, 9.17) is 4.74 Å². The Morgan fingerprint density at radius 2 is 2.00 bits per heavy atom. The topological polar surface area (TPSA) is 131 Å². The quantitative estimate of drug-likeness (QED) is 0.440. The zero-order valence-corrected chi connectivity index (χ0v) is 19.4.